The minimum absolute atomic E-state index is 0.0710. The van der Waals surface area contributed by atoms with E-state index in [1.165, 1.54) is 25.7 Å². The number of hydrogen-bond acceptors (Lipinski definition) is 3. The Hall–Kier alpha value is -0.120. The molecule has 2 aliphatic rings. The third-order valence-electron chi connectivity index (χ3n) is 3.57. The van der Waals surface area contributed by atoms with E-state index < -0.39 is 0 Å². The SMILES string of the molecule is OC1CCCC(NC2CCCOCC2)C1. The molecule has 3 nitrogen and oxygen atoms in total. The molecule has 0 radical (unpaired) electrons. The molecular weight excluding hydrogens is 190 g/mol. The van der Waals surface area contributed by atoms with Crippen molar-refractivity contribution in [2.75, 3.05) is 13.2 Å². The Balaban J connectivity index is 1.74. The van der Waals surface area contributed by atoms with E-state index >= 15 is 0 Å². The summed E-state index contributed by atoms with van der Waals surface area (Å²) < 4.78 is 5.45. The predicted molar refractivity (Wildman–Crippen MR) is 59.9 cm³/mol. The Morgan fingerprint density at radius 2 is 1.80 bits per heavy atom. The first-order chi connectivity index (χ1) is 7.34. The van der Waals surface area contributed by atoms with E-state index in [1.807, 2.05) is 0 Å². The number of nitrogens with one attached hydrogen (secondary N) is 1. The summed E-state index contributed by atoms with van der Waals surface area (Å²) in [6.45, 7) is 1.82. The fourth-order valence-electron chi connectivity index (χ4n) is 2.72. The lowest BCUT2D eigenvalue weighted by atomic mass is 9.92. The predicted octanol–water partition coefficient (Wildman–Crippen LogP) is 1.45. The van der Waals surface area contributed by atoms with E-state index in [1.54, 1.807) is 0 Å². The van der Waals surface area contributed by atoms with Crippen molar-refractivity contribution >= 4 is 0 Å². The molecule has 1 aliphatic heterocycles. The van der Waals surface area contributed by atoms with Crippen molar-refractivity contribution in [1.29, 1.82) is 0 Å². The largest absolute Gasteiger partial charge is 0.393 e. The van der Waals surface area contributed by atoms with Crippen molar-refractivity contribution in [2.45, 2.75) is 63.1 Å². The van der Waals surface area contributed by atoms with Gasteiger partial charge in [0, 0.05) is 25.3 Å². The molecular formula is C12H23NO2. The Bertz CT molecular complexity index is 178. The molecule has 3 unspecified atom stereocenters. The van der Waals surface area contributed by atoms with E-state index in [0.717, 1.165) is 32.5 Å². The van der Waals surface area contributed by atoms with Crippen LogP contribution in [0.3, 0.4) is 0 Å². The van der Waals surface area contributed by atoms with Crippen molar-refractivity contribution in [3.8, 4) is 0 Å². The van der Waals surface area contributed by atoms with Crippen LogP contribution in [0.15, 0.2) is 0 Å². The average Bonchev–Trinajstić information content (AvgIpc) is 2.46. The molecule has 1 saturated carbocycles. The molecule has 0 amide bonds. The molecule has 0 bridgehead atoms. The summed E-state index contributed by atoms with van der Waals surface area (Å²) in [4.78, 5) is 0. The van der Waals surface area contributed by atoms with Crippen LogP contribution in [0.5, 0.6) is 0 Å². The van der Waals surface area contributed by atoms with Gasteiger partial charge in [0.1, 0.15) is 0 Å². The van der Waals surface area contributed by atoms with Gasteiger partial charge in [-0.05, 0) is 44.9 Å². The second kappa shape index (κ2) is 5.83. The zero-order chi connectivity index (χ0) is 10.5. The summed E-state index contributed by atoms with van der Waals surface area (Å²) in [6, 6.07) is 1.15. The Kier molecular flexibility index (Phi) is 4.42. The highest BCUT2D eigenvalue weighted by molar-refractivity contribution is 4.81. The van der Waals surface area contributed by atoms with E-state index in [4.69, 9.17) is 4.74 Å². The number of hydrogen-bond donors (Lipinski definition) is 2. The van der Waals surface area contributed by atoms with Gasteiger partial charge in [0.05, 0.1) is 6.10 Å². The lowest BCUT2D eigenvalue weighted by molar-refractivity contribution is 0.106. The topological polar surface area (TPSA) is 41.5 Å². The van der Waals surface area contributed by atoms with Gasteiger partial charge < -0.3 is 15.2 Å². The summed E-state index contributed by atoms with van der Waals surface area (Å²) >= 11 is 0. The van der Waals surface area contributed by atoms with E-state index in [9.17, 15) is 5.11 Å². The monoisotopic (exact) mass is 213 g/mol. The Morgan fingerprint density at radius 3 is 2.67 bits per heavy atom. The summed E-state index contributed by atoms with van der Waals surface area (Å²) in [5.74, 6) is 0. The molecule has 0 aromatic carbocycles. The van der Waals surface area contributed by atoms with Gasteiger partial charge in [-0.15, -0.1) is 0 Å². The van der Waals surface area contributed by atoms with E-state index in [0.29, 0.717) is 12.1 Å². The summed E-state index contributed by atoms with van der Waals surface area (Å²) in [7, 11) is 0. The number of aliphatic hydroxyl groups is 1. The molecule has 2 fully saturated rings. The van der Waals surface area contributed by atoms with Gasteiger partial charge in [0.2, 0.25) is 0 Å². The lowest BCUT2D eigenvalue weighted by Crippen LogP contribution is -2.42. The highest BCUT2D eigenvalue weighted by Crippen LogP contribution is 2.20. The zero-order valence-electron chi connectivity index (χ0n) is 9.45. The maximum atomic E-state index is 9.60. The first-order valence-electron chi connectivity index (χ1n) is 6.36. The van der Waals surface area contributed by atoms with Crippen molar-refractivity contribution in [1.82, 2.24) is 5.32 Å². The number of aliphatic hydroxyl groups excluding tert-OH is 1. The molecule has 0 spiro atoms. The van der Waals surface area contributed by atoms with Crippen LogP contribution in [0.25, 0.3) is 0 Å². The van der Waals surface area contributed by atoms with Crippen molar-refractivity contribution in [2.24, 2.45) is 0 Å². The highest BCUT2D eigenvalue weighted by Gasteiger charge is 2.22. The van der Waals surface area contributed by atoms with Crippen molar-refractivity contribution in [3.05, 3.63) is 0 Å². The third kappa shape index (κ3) is 3.74. The molecule has 3 heteroatoms. The third-order valence-corrected chi connectivity index (χ3v) is 3.57. The molecule has 0 aromatic heterocycles. The van der Waals surface area contributed by atoms with Gasteiger partial charge in [-0.25, -0.2) is 0 Å². The van der Waals surface area contributed by atoms with Crippen LogP contribution in [-0.2, 0) is 4.74 Å². The summed E-state index contributed by atoms with van der Waals surface area (Å²) in [5.41, 5.74) is 0. The highest BCUT2D eigenvalue weighted by atomic mass is 16.5. The molecule has 1 saturated heterocycles. The quantitative estimate of drug-likeness (QED) is 0.729. The second-order valence-corrected chi connectivity index (χ2v) is 4.92. The Morgan fingerprint density at radius 1 is 0.933 bits per heavy atom. The minimum Gasteiger partial charge on any atom is -0.393 e. The first kappa shape index (κ1) is 11.4. The molecule has 1 aliphatic carbocycles. The van der Waals surface area contributed by atoms with Gasteiger partial charge in [0.15, 0.2) is 0 Å². The molecule has 3 atom stereocenters. The second-order valence-electron chi connectivity index (χ2n) is 4.92. The average molecular weight is 213 g/mol. The maximum Gasteiger partial charge on any atom is 0.0555 e. The van der Waals surface area contributed by atoms with E-state index in [2.05, 4.69) is 5.32 Å². The molecule has 2 N–H and O–H groups in total. The molecule has 0 aromatic rings. The van der Waals surface area contributed by atoms with Gasteiger partial charge in [0.25, 0.3) is 0 Å². The zero-order valence-corrected chi connectivity index (χ0v) is 9.45. The normalized spacial score (nSPS) is 38.6. The Labute approximate surface area is 92.2 Å². The van der Waals surface area contributed by atoms with Crippen LogP contribution in [0, 0.1) is 0 Å². The molecule has 88 valence electrons. The maximum absolute atomic E-state index is 9.60. The minimum atomic E-state index is -0.0710. The van der Waals surface area contributed by atoms with Gasteiger partial charge in [-0.3, -0.25) is 0 Å². The fraction of sp³-hybridized carbons (Fsp3) is 1.00. The van der Waals surface area contributed by atoms with Crippen LogP contribution in [-0.4, -0.2) is 36.5 Å². The van der Waals surface area contributed by atoms with Crippen molar-refractivity contribution < 1.29 is 9.84 Å². The van der Waals surface area contributed by atoms with Gasteiger partial charge >= 0.3 is 0 Å². The smallest absolute Gasteiger partial charge is 0.0555 e. The fourth-order valence-corrected chi connectivity index (χ4v) is 2.72. The van der Waals surface area contributed by atoms with Gasteiger partial charge in [-0.1, -0.05) is 0 Å². The number of rotatable bonds is 2. The van der Waals surface area contributed by atoms with Crippen LogP contribution >= 0.6 is 0 Å². The van der Waals surface area contributed by atoms with Crippen molar-refractivity contribution in [3.63, 3.8) is 0 Å². The molecule has 1 heterocycles. The molecule has 15 heavy (non-hydrogen) atoms. The van der Waals surface area contributed by atoms with Crippen LogP contribution in [0.4, 0.5) is 0 Å². The van der Waals surface area contributed by atoms with Gasteiger partial charge in [-0.2, -0.15) is 0 Å². The van der Waals surface area contributed by atoms with E-state index in [-0.39, 0.29) is 6.10 Å². The van der Waals surface area contributed by atoms with Crippen LogP contribution < -0.4 is 5.32 Å². The first-order valence-corrected chi connectivity index (χ1v) is 6.36. The van der Waals surface area contributed by atoms with Crippen LogP contribution in [0.1, 0.15) is 44.9 Å². The summed E-state index contributed by atoms with van der Waals surface area (Å²) in [5, 5.41) is 13.3. The number of ether oxygens (including phenoxy) is 1. The standard InChI is InChI=1S/C12H23NO2/c14-12-5-1-3-11(9-12)13-10-4-2-7-15-8-6-10/h10-14H,1-9H2. The van der Waals surface area contributed by atoms with Crippen LogP contribution in [0.2, 0.25) is 0 Å². The molecule has 2 rings (SSSR count). The summed E-state index contributed by atoms with van der Waals surface area (Å²) in [6.07, 6.45) is 7.80. The lowest BCUT2D eigenvalue weighted by Gasteiger charge is -2.30.